The molecule has 3 aromatic carbocycles. The minimum absolute atomic E-state index is 0.891. The summed E-state index contributed by atoms with van der Waals surface area (Å²) in [5.41, 5.74) is 6.89. The van der Waals surface area contributed by atoms with Gasteiger partial charge in [-0.2, -0.15) is 0 Å². The third-order valence-electron chi connectivity index (χ3n) is 6.51. The standard InChI is InChI=1S/C30H20N4/c1-2-8-23(9-3-1)34-27-11-5-4-10-24(27)30-25-15-18-33(26(25)12-13-28(30)34)29-19-21(14-17-32-29)22-7-6-16-31-20-22/h1-20H. The number of aromatic nitrogens is 4. The van der Waals surface area contributed by atoms with Crippen molar-refractivity contribution in [2.45, 2.75) is 0 Å². The van der Waals surface area contributed by atoms with Crippen LogP contribution in [0.5, 0.6) is 0 Å². The maximum Gasteiger partial charge on any atom is 0.137 e. The van der Waals surface area contributed by atoms with Gasteiger partial charge >= 0.3 is 0 Å². The average molecular weight is 437 g/mol. The normalized spacial score (nSPS) is 11.5. The van der Waals surface area contributed by atoms with Crippen LogP contribution in [0.25, 0.3) is 55.3 Å². The second-order valence-corrected chi connectivity index (χ2v) is 8.41. The van der Waals surface area contributed by atoms with E-state index in [1.54, 1.807) is 6.20 Å². The fraction of sp³-hybridized carbons (Fsp3) is 0. The number of hydrogen-bond donors (Lipinski definition) is 0. The molecule has 0 radical (unpaired) electrons. The summed E-state index contributed by atoms with van der Waals surface area (Å²) in [5, 5.41) is 3.73. The van der Waals surface area contributed by atoms with Gasteiger partial charge in [0.1, 0.15) is 5.82 Å². The van der Waals surface area contributed by atoms with Crippen LogP contribution in [-0.2, 0) is 0 Å². The molecule has 0 amide bonds. The van der Waals surface area contributed by atoms with Crippen molar-refractivity contribution in [3.8, 4) is 22.6 Å². The Labute approximate surface area is 196 Å². The first kappa shape index (κ1) is 18.8. The molecule has 0 aliphatic rings. The summed E-state index contributed by atoms with van der Waals surface area (Å²) in [6.07, 6.45) is 7.66. The van der Waals surface area contributed by atoms with Crippen LogP contribution in [-0.4, -0.2) is 19.1 Å². The Bertz CT molecular complexity index is 1790. The van der Waals surface area contributed by atoms with Gasteiger partial charge in [0, 0.05) is 52.2 Å². The molecule has 7 aromatic rings. The molecule has 4 heteroatoms. The van der Waals surface area contributed by atoms with Gasteiger partial charge in [-0.05, 0) is 60.2 Å². The topological polar surface area (TPSA) is 35.6 Å². The van der Waals surface area contributed by atoms with E-state index in [2.05, 4.69) is 105 Å². The summed E-state index contributed by atoms with van der Waals surface area (Å²) in [7, 11) is 0. The summed E-state index contributed by atoms with van der Waals surface area (Å²) in [6.45, 7) is 0. The van der Waals surface area contributed by atoms with E-state index in [1.807, 2.05) is 24.5 Å². The number of rotatable bonds is 3. The van der Waals surface area contributed by atoms with Gasteiger partial charge < -0.3 is 9.13 Å². The zero-order valence-electron chi connectivity index (χ0n) is 18.3. The Balaban J connectivity index is 1.49. The molecule has 0 atom stereocenters. The molecule has 0 unspecified atom stereocenters. The Morgan fingerprint density at radius 3 is 2.29 bits per heavy atom. The maximum absolute atomic E-state index is 4.69. The molecule has 34 heavy (non-hydrogen) atoms. The molecule has 4 heterocycles. The average Bonchev–Trinajstić information content (AvgIpc) is 3.49. The molecule has 0 spiro atoms. The molecular weight excluding hydrogens is 416 g/mol. The predicted molar refractivity (Wildman–Crippen MR) is 139 cm³/mol. The molecule has 0 fully saturated rings. The van der Waals surface area contributed by atoms with Crippen LogP contribution < -0.4 is 0 Å². The first-order valence-electron chi connectivity index (χ1n) is 11.3. The van der Waals surface area contributed by atoms with Gasteiger partial charge in [0.05, 0.1) is 16.6 Å². The van der Waals surface area contributed by atoms with Crippen molar-refractivity contribution in [2.75, 3.05) is 0 Å². The predicted octanol–water partition coefficient (Wildman–Crippen LogP) is 7.18. The van der Waals surface area contributed by atoms with Crippen LogP contribution in [0.4, 0.5) is 0 Å². The molecule has 0 saturated carbocycles. The van der Waals surface area contributed by atoms with Gasteiger partial charge in [-0.1, -0.05) is 42.5 Å². The molecule has 160 valence electrons. The quantitative estimate of drug-likeness (QED) is 0.294. The largest absolute Gasteiger partial charge is 0.309 e. The number of benzene rings is 3. The molecule has 7 rings (SSSR count). The number of para-hydroxylation sites is 2. The van der Waals surface area contributed by atoms with Crippen LogP contribution in [0.1, 0.15) is 0 Å². The number of hydrogen-bond acceptors (Lipinski definition) is 2. The lowest BCUT2D eigenvalue weighted by atomic mass is 10.1. The van der Waals surface area contributed by atoms with Crippen molar-refractivity contribution in [3.63, 3.8) is 0 Å². The minimum Gasteiger partial charge on any atom is -0.309 e. The number of fused-ring (bicyclic) bond motifs is 5. The third kappa shape index (κ3) is 2.79. The molecular formula is C30H20N4. The van der Waals surface area contributed by atoms with Crippen molar-refractivity contribution in [1.82, 2.24) is 19.1 Å². The molecule has 0 saturated heterocycles. The Hall–Kier alpha value is -4.70. The smallest absolute Gasteiger partial charge is 0.137 e. The fourth-order valence-electron chi connectivity index (χ4n) is 5.00. The molecule has 0 aliphatic heterocycles. The van der Waals surface area contributed by atoms with Gasteiger partial charge in [0.15, 0.2) is 0 Å². The van der Waals surface area contributed by atoms with Crippen LogP contribution in [0.2, 0.25) is 0 Å². The zero-order valence-corrected chi connectivity index (χ0v) is 18.3. The van der Waals surface area contributed by atoms with E-state index in [9.17, 15) is 0 Å². The summed E-state index contributed by atoms with van der Waals surface area (Å²) in [5.74, 6) is 0.891. The van der Waals surface area contributed by atoms with Crippen molar-refractivity contribution in [2.24, 2.45) is 0 Å². The first-order chi connectivity index (χ1) is 16.9. The summed E-state index contributed by atoms with van der Waals surface area (Å²) < 4.78 is 4.52. The Morgan fingerprint density at radius 2 is 1.41 bits per heavy atom. The molecule has 0 aliphatic carbocycles. The van der Waals surface area contributed by atoms with E-state index in [4.69, 9.17) is 4.98 Å². The lowest BCUT2D eigenvalue weighted by Crippen LogP contribution is -1.96. The van der Waals surface area contributed by atoms with Gasteiger partial charge in [0.25, 0.3) is 0 Å². The molecule has 0 bridgehead atoms. The van der Waals surface area contributed by atoms with Gasteiger partial charge in [-0.15, -0.1) is 0 Å². The highest BCUT2D eigenvalue weighted by molar-refractivity contribution is 6.21. The van der Waals surface area contributed by atoms with Crippen molar-refractivity contribution in [3.05, 3.63) is 122 Å². The molecule has 4 aromatic heterocycles. The second kappa shape index (κ2) is 7.42. The maximum atomic E-state index is 4.69. The van der Waals surface area contributed by atoms with E-state index < -0.39 is 0 Å². The highest BCUT2D eigenvalue weighted by Gasteiger charge is 2.16. The van der Waals surface area contributed by atoms with Gasteiger partial charge in [0.2, 0.25) is 0 Å². The van der Waals surface area contributed by atoms with E-state index in [0.717, 1.165) is 22.5 Å². The minimum atomic E-state index is 0.891. The lowest BCUT2D eigenvalue weighted by molar-refractivity contribution is 1.04. The monoisotopic (exact) mass is 436 g/mol. The third-order valence-corrected chi connectivity index (χ3v) is 6.51. The van der Waals surface area contributed by atoms with E-state index in [1.165, 1.54) is 32.9 Å². The van der Waals surface area contributed by atoms with Crippen molar-refractivity contribution < 1.29 is 0 Å². The Kier molecular flexibility index (Phi) is 4.11. The number of pyridine rings is 2. The van der Waals surface area contributed by atoms with Crippen LogP contribution in [0.15, 0.2) is 122 Å². The van der Waals surface area contributed by atoms with Crippen LogP contribution in [0.3, 0.4) is 0 Å². The first-order valence-corrected chi connectivity index (χ1v) is 11.3. The van der Waals surface area contributed by atoms with Gasteiger partial charge in [-0.25, -0.2) is 4.98 Å². The highest BCUT2D eigenvalue weighted by Crippen LogP contribution is 2.37. The lowest BCUT2D eigenvalue weighted by Gasteiger charge is -2.09. The molecule has 4 nitrogen and oxygen atoms in total. The SMILES string of the molecule is c1ccc(-n2c3ccccc3c3c4ccn(-c5cc(-c6cccnc6)ccn5)c4ccc32)cc1. The van der Waals surface area contributed by atoms with Crippen molar-refractivity contribution in [1.29, 1.82) is 0 Å². The number of nitrogens with zero attached hydrogens (tertiary/aromatic N) is 4. The highest BCUT2D eigenvalue weighted by atomic mass is 15.1. The summed E-state index contributed by atoms with van der Waals surface area (Å²) in [4.78, 5) is 8.95. The zero-order chi connectivity index (χ0) is 22.5. The Morgan fingerprint density at radius 1 is 0.588 bits per heavy atom. The van der Waals surface area contributed by atoms with E-state index in [0.29, 0.717) is 0 Å². The van der Waals surface area contributed by atoms with Crippen LogP contribution >= 0.6 is 0 Å². The summed E-state index contributed by atoms with van der Waals surface area (Å²) in [6, 6.07) is 34.0. The second-order valence-electron chi connectivity index (χ2n) is 8.41. The van der Waals surface area contributed by atoms with Gasteiger partial charge in [-0.3, -0.25) is 4.98 Å². The van der Waals surface area contributed by atoms with Crippen LogP contribution in [0, 0.1) is 0 Å². The molecule has 0 N–H and O–H groups in total. The fourth-order valence-corrected chi connectivity index (χ4v) is 5.00. The van der Waals surface area contributed by atoms with Crippen molar-refractivity contribution >= 4 is 32.7 Å². The van der Waals surface area contributed by atoms with E-state index >= 15 is 0 Å². The summed E-state index contributed by atoms with van der Waals surface area (Å²) >= 11 is 0. The van der Waals surface area contributed by atoms with E-state index in [-0.39, 0.29) is 0 Å².